The molecule has 0 saturated carbocycles. The highest BCUT2D eigenvalue weighted by Crippen LogP contribution is 2.08. The lowest BCUT2D eigenvalue weighted by atomic mass is 10.2. The molecule has 0 aliphatic heterocycles. The van der Waals surface area contributed by atoms with Crippen molar-refractivity contribution in [1.29, 1.82) is 0 Å². The van der Waals surface area contributed by atoms with E-state index >= 15 is 0 Å². The van der Waals surface area contributed by atoms with Gasteiger partial charge in [-0.3, -0.25) is 0 Å². The summed E-state index contributed by atoms with van der Waals surface area (Å²) in [6, 6.07) is 3.74. The Bertz CT molecular complexity index is 495. The molecule has 0 aromatic carbocycles. The molecule has 0 aliphatic rings. The monoisotopic (exact) mass is 200 g/mol. The zero-order valence-corrected chi connectivity index (χ0v) is 8.51. The van der Waals surface area contributed by atoms with Crippen molar-refractivity contribution in [2.24, 2.45) is 0 Å². The first-order chi connectivity index (χ1) is 7.33. The third kappa shape index (κ3) is 1.91. The number of hydrogen-bond donors (Lipinski definition) is 1. The van der Waals surface area contributed by atoms with Gasteiger partial charge < -0.3 is 5.32 Å². The number of nitrogens with one attached hydrogen (secondary N) is 1. The summed E-state index contributed by atoms with van der Waals surface area (Å²) in [4.78, 5) is 4.36. The molecule has 0 radical (unpaired) electrons. The van der Waals surface area contributed by atoms with Gasteiger partial charge in [0, 0.05) is 12.3 Å². The largest absolute Gasteiger partial charge is 0.356 e. The number of terminal acetylenes is 1. The Morgan fingerprint density at radius 1 is 1.60 bits per heavy atom. The van der Waals surface area contributed by atoms with Crippen LogP contribution in [-0.4, -0.2) is 20.6 Å². The molecule has 0 saturated heterocycles. The van der Waals surface area contributed by atoms with Gasteiger partial charge in [-0.2, -0.15) is 5.10 Å². The van der Waals surface area contributed by atoms with Crippen LogP contribution in [0.2, 0.25) is 0 Å². The van der Waals surface area contributed by atoms with Crippen LogP contribution in [0.5, 0.6) is 0 Å². The second kappa shape index (κ2) is 4.01. The van der Waals surface area contributed by atoms with Crippen LogP contribution in [0.25, 0.3) is 5.65 Å². The standard InChI is InChI=1S/C11H12N4/c1-3-9(4-2)13-10-6-8-15-11(14-10)5-7-12-15/h1,5-9H,4H2,2H3,(H,13,14). The maximum Gasteiger partial charge on any atom is 0.157 e. The minimum absolute atomic E-state index is 0.0304. The molecule has 0 amide bonds. The molecule has 0 fully saturated rings. The highest BCUT2D eigenvalue weighted by molar-refractivity contribution is 5.46. The van der Waals surface area contributed by atoms with Crippen molar-refractivity contribution in [2.75, 3.05) is 5.32 Å². The van der Waals surface area contributed by atoms with Crippen LogP contribution in [0, 0.1) is 12.3 Å². The summed E-state index contributed by atoms with van der Waals surface area (Å²) in [5.74, 6) is 3.45. The lowest BCUT2D eigenvalue weighted by Crippen LogP contribution is -2.16. The van der Waals surface area contributed by atoms with E-state index in [1.54, 1.807) is 10.7 Å². The summed E-state index contributed by atoms with van der Waals surface area (Å²) in [7, 11) is 0. The summed E-state index contributed by atoms with van der Waals surface area (Å²) >= 11 is 0. The molecule has 2 rings (SSSR count). The van der Waals surface area contributed by atoms with Gasteiger partial charge in [-0.05, 0) is 12.5 Å². The fourth-order valence-corrected chi connectivity index (χ4v) is 1.33. The second-order valence-corrected chi connectivity index (χ2v) is 3.22. The van der Waals surface area contributed by atoms with E-state index in [1.807, 2.05) is 25.3 Å². The average molecular weight is 200 g/mol. The maximum absolute atomic E-state index is 5.37. The fraction of sp³-hybridized carbons (Fsp3) is 0.273. The Balaban J connectivity index is 2.25. The lowest BCUT2D eigenvalue weighted by molar-refractivity contribution is 0.847. The Labute approximate surface area is 88.3 Å². The number of anilines is 1. The van der Waals surface area contributed by atoms with Crippen LogP contribution in [-0.2, 0) is 0 Å². The summed E-state index contributed by atoms with van der Waals surface area (Å²) in [6.45, 7) is 2.04. The Morgan fingerprint density at radius 3 is 3.20 bits per heavy atom. The van der Waals surface area contributed by atoms with Crippen molar-refractivity contribution >= 4 is 11.5 Å². The molecule has 0 aliphatic carbocycles. The molecular formula is C11H12N4. The number of hydrogen-bond acceptors (Lipinski definition) is 3. The molecule has 1 unspecified atom stereocenters. The third-order valence-corrected chi connectivity index (χ3v) is 2.19. The molecule has 2 heterocycles. The minimum Gasteiger partial charge on any atom is -0.356 e. The Hall–Kier alpha value is -2.02. The first kappa shape index (κ1) is 9.53. The summed E-state index contributed by atoms with van der Waals surface area (Å²) in [5.41, 5.74) is 0.812. The van der Waals surface area contributed by atoms with Crippen LogP contribution in [0.15, 0.2) is 24.5 Å². The van der Waals surface area contributed by atoms with Gasteiger partial charge in [0.05, 0.1) is 12.2 Å². The van der Waals surface area contributed by atoms with Crippen molar-refractivity contribution < 1.29 is 0 Å². The van der Waals surface area contributed by atoms with Crippen molar-refractivity contribution in [1.82, 2.24) is 14.6 Å². The van der Waals surface area contributed by atoms with E-state index in [1.165, 1.54) is 0 Å². The molecule has 0 bridgehead atoms. The molecule has 2 aromatic heterocycles. The van der Waals surface area contributed by atoms with E-state index in [0.717, 1.165) is 17.9 Å². The number of fused-ring (bicyclic) bond motifs is 1. The van der Waals surface area contributed by atoms with Crippen LogP contribution in [0.3, 0.4) is 0 Å². The van der Waals surface area contributed by atoms with E-state index in [9.17, 15) is 0 Å². The molecule has 2 aromatic rings. The Morgan fingerprint density at radius 2 is 2.47 bits per heavy atom. The lowest BCUT2D eigenvalue weighted by Gasteiger charge is -2.10. The maximum atomic E-state index is 5.37. The van der Waals surface area contributed by atoms with Crippen LogP contribution in [0.1, 0.15) is 13.3 Å². The topological polar surface area (TPSA) is 42.2 Å². The van der Waals surface area contributed by atoms with Gasteiger partial charge in [-0.25, -0.2) is 9.50 Å². The predicted molar refractivity (Wildman–Crippen MR) is 59.5 cm³/mol. The number of rotatable bonds is 3. The van der Waals surface area contributed by atoms with Gasteiger partial charge in [0.15, 0.2) is 5.65 Å². The summed E-state index contributed by atoms with van der Waals surface area (Å²) < 4.78 is 1.71. The first-order valence-electron chi connectivity index (χ1n) is 4.86. The van der Waals surface area contributed by atoms with E-state index in [0.29, 0.717) is 0 Å². The van der Waals surface area contributed by atoms with E-state index in [-0.39, 0.29) is 6.04 Å². The number of aromatic nitrogens is 3. The molecule has 0 spiro atoms. The predicted octanol–water partition coefficient (Wildman–Crippen LogP) is 1.55. The van der Waals surface area contributed by atoms with Crippen molar-refractivity contribution in [2.45, 2.75) is 19.4 Å². The molecule has 4 heteroatoms. The van der Waals surface area contributed by atoms with Crippen LogP contribution in [0.4, 0.5) is 5.82 Å². The zero-order chi connectivity index (χ0) is 10.7. The van der Waals surface area contributed by atoms with E-state index in [4.69, 9.17) is 6.42 Å². The normalized spacial score (nSPS) is 12.3. The third-order valence-electron chi connectivity index (χ3n) is 2.19. The van der Waals surface area contributed by atoms with Gasteiger partial charge in [0.25, 0.3) is 0 Å². The molecule has 15 heavy (non-hydrogen) atoms. The van der Waals surface area contributed by atoms with Crippen molar-refractivity contribution in [3.8, 4) is 12.3 Å². The van der Waals surface area contributed by atoms with Crippen molar-refractivity contribution in [3.63, 3.8) is 0 Å². The van der Waals surface area contributed by atoms with E-state index < -0.39 is 0 Å². The SMILES string of the molecule is C#CC(CC)Nc1ccn2nccc2n1. The van der Waals surface area contributed by atoms with E-state index in [2.05, 4.69) is 21.3 Å². The molecular weight excluding hydrogens is 188 g/mol. The average Bonchev–Trinajstić information content (AvgIpc) is 2.73. The van der Waals surface area contributed by atoms with Crippen LogP contribution < -0.4 is 5.32 Å². The fourth-order valence-electron chi connectivity index (χ4n) is 1.33. The first-order valence-corrected chi connectivity index (χ1v) is 4.86. The second-order valence-electron chi connectivity index (χ2n) is 3.22. The van der Waals surface area contributed by atoms with Gasteiger partial charge in [-0.1, -0.05) is 12.8 Å². The van der Waals surface area contributed by atoms with Crippen LogP contribution >= 0.6 is 0 Å². The molecule has 76 valence electrons. The smallest absolute Gasteiger partial charge is 0.157 e. The highest BCUT2D eigenvalue weighted by atomic mass is 15.2. The zero-order valence-electron chi connectivity index (χ0n) is 8.51. The molecule has 4 nitrogen and oxygen atoms in total. The van der Waals surface area contributed by atoms with Gasteiger partial charge in [0.2, 0.25) is 0 Å². The van der Waals surface area contributed by atoms with Gasteiger partial charge >= 0.3 is 0 Å². The molecule has 1 N–H and O–H groups in total. The number of nitrogens with zero attached hydrogens (tertiary/aromatic N) is 3. The van der Waals surface area contributed by atoms with Gasteiger partial charge in [0.1, 0.15) is 5.82 Å². The summed E-state index contributed by atoms with van der Waals surface area (Å²) in [5, 5.41) is 7.24. The molecule has 1 atom stereocenters. The highest BCUT2D eigenvalue weighted by Gasteiger charge is 2.03. The van der Waals surface area contributed by atoms with Crippen molar-refractivity contribution in [3.05, 3.63) is 24.5 Å². The minimum atomic E-state index is 0.0304. The quantitative estimate of drug-likeness (QED) is 0.764. The van der Waals surface area contributed by atoms with Gasteiger partial charge in [-0.15, -0.1) is 6.42 Å². The Kier molecular flexibility index (Phi) is 2.55. The summed E-state index contributed by atoms with van der Waals surface area (Å²) in [6.07, 6.45) is 9.81.